The zero-order chi connectivity index (χ0) is 16.4. The van der Waals surface area contributed by atoms with Crippen molar-refractivity contribution in [2.24, 2.45) is 0 Å². The first-order valence-corrected chi connectivity index (χ1v) is 8.39. The standard InChI is InChI=1S/C18H18Cl2N2O/c1-12-10-13-4-2-3-5-17(13)22(12)9-8-18(23)21-16-11-14(19)6-7-15(16)20/h2-7,11-12H,8-10H2,1H3,(H,21,23). The minimum absolute atomic E-state index is 0.0641. The van der Waals surface area contributed by atoms with Crippen LogP contribution in [0.15, 0.2) is 42.5 Å². The Labute approximate surface area is 146 Å². The molecule has 0 bridgehead atoms. The van der Waals surface area contributed by atoms with Gasteiger partial charge in [-0.1, -0.05) is 41.4 Å². The molecule has 0 aromatic heterocycles. The van der Waals surface area contributed by atoms with E-state index in [4.69, 9.17) is 23.2 Å². The van der Waals surface area contributed by atoms with Gasteiger partial charge in [-0.2, -0.15) is 0 Å². The van der Waals surface area contributed by atoms with Crippen LogP contribution in [0.4, 0.5) is 11.4 Å². The first-order valence-electron chi connectivity index (χ1n) is 7.64. The zero-order valence-electron chi connectivity index (χ0n) is 12.9. The quantitative estimate of drug-likeness (QED) is 0.862. The van der Waals surface area contributed by atoms with E-state index in [1.54, 1.807) is 18.2 Å². The lowest BCUT2D eigenvalue weighted by Crippen LogP contribution is -2.32. The number of nitrogens with one attached hydrogen (secondary N) is 1. The highest BCUT2D eigenvalue weighted by Gasteiger charge is 2.25. The summed E-state index contributed by atoms with van der Waals surface area (Å²) in [6, 6.07) is 13.8. The lowest BCUT2D eigenvalue weighted by Gasteiger charge is -2.24. The van der Waals surface area contributed by atoms with E-state index in [0.717, 1.165) is 6.42 Å². The number of carbonyl (C=O) groups excluding carboxylic acids is 1. The minimum atomic E-state index is -0.0641. The number of fused-ring (bicyclic) bond motifs is 1. The van der Waals surface area contributed by atoms with Gasteiger partial charge in [0.05, 0.1) is 10.7 Å². The number of carbonyl (C=O) groups is 1. The molecule has 1 amide bonds. The van der Waals surface area contributed by atoms with E-state index in [0.29, 0.717) is 34.7 Å². The minimum Gasteiger partial charge on any atom is -0.368 e. The molecule has 23 heavy (non-hydrogen) atoms. The Morgan fingerprint density at radius 3 is 2.87 bits per heavy atom. The molecule has 1 aliphatic rings. The molecule has 0 saturated heterocycles. The van der Waals surface area contributed by atoms with E-state index >= 15 is 0 Å². The van der Waals surface area contributed by atoms with Crippen LogP contribution in [0.1, 0.15) is 18.9 Å². The molecule has 1 aliphatic heterocycles. The second-order valence-corrected chi connectivity index (χ2v) is 6.64. The summed E-state index contributed by atoms with van der Waals surface area (Å²) in [6.45, 7) is 2.87. The van der Waals surface area contributed by atoms with Gasteiger partial charge in [-0.05, 0) is 43.2 Å². The second-order valence-electron chi connectivity index (χ2n) is 5.80. The van der Waals surface area contributed by atoms with Crippen LogP contribution in [0.3, 0.4) is 0 Å². The van der Waals surface area contributed by atoms with Gasteiger partial charge in [0.25, 0.3) is 0 Å². The van der Waals surface area contributed by atoms with E-state index in [1.807, 2.05) is 6.07 Å². The van der Waals surface area contributed by atoms with Crippen LogP contribution in [0.5, 0.6) is 0 Å². The molecule has 0 aliphatic carbocycles. The maximum atomic E-state index is 12.2. The van der Waals surface area contributed by atoms with Crippen LogP contribution < -0.4 is 10.2 Å². The summed E-state index contributed by atoms with van der Waals surface area (Å²) in [5, 5.41) is 3.87. The Morgan fingerprint density at radius 1 is 1.26 bits per heavy atom. The van der Waals surface area contributed by atoms with Crippen molar-refractivity contribution in [2.75, 3.05) is 16.8 Å². The molecular formula is C18H18Cl2N2O. The van der Waals surface area contributed by atoms with Crippen molar-refractivity contribution in [3.63, 3.8) is 0 Å². The Morgan fingerprint density at radius 2 is 2.04 bits per heavy atom. The molecular weight excluding hydrogens is 331 g/mol. The van der Waals surface area contributed by atoms with E-state index in [1.165, 1.54) is 11.3 Å². The molecule has 0 radical (unpaired) electrons. The number of hydrogen-bond donors (Lipinski definition) is 1. The van der Waals surface area contributed by atoms with Gasteiger partial charge in [-0.25, -0.2) is 0 Å². The van der Waals surface area contributed by atoms with Crippen molar-refractivity contribution in [3.05, 3.63) is 58.1 Å². The normalized spacial score (nSPS) is 16.3. The molecule has 3 nitrogen and oxygen atoms in total. The van der Waals surface area contributed by atoms with Crippen molar-refractivity contribution in [2.45, 2.75) is 25.8 Å². The summed E-state index contributed by atoms with van der Waals surface area (Å²) in [7, 11) is 0. The predicted octanol–water partition coefficient (Wildman–Crippen LogP) is 4.77. The van der Waals surface area contributed by atoms with Gasteiger partial charge in [-0.3, -0.25) is 4.79 Å². The third-order valence-corrected chi connectivity index (χ3v) is 4.70. The number of benzene rings is 2. The van der Waals surface area contributed by atoms with Gasteiger partial charge in [0.1, 0.15) is 0 Å². The number of anilines is 2. The Bertz CT molecular complexity index is 733. The van der Waals surface area contributed by atoms with Crippen LogP contribution in [-0.2, 0) is 11.2 Å². The molecule has 1 unspecified atom stereocenters. The monoisotopic (exact) mass is 348 g/mol. The second kappa shape index (κ2) is 6.81. The summed E-state index contributed by atoms with van der Waals surface area (Å²) in [5.74, 6) is -0.0641. The van der Waals surface area contributed by atoms with E-state index in [9.17, 15) is 4.79 Å². The van der Waals surface area contributed by atoms with Crippen molar-refractivity contribution in [1.82, 2.24) is 0 Å². The zero-order valence-corrected chi connectivity index (χ0v) is 14.4. The van der Waals surface area contributed by atoms with Crippen molar-refractivity contribution in [3.8, 4) is 0 Å². The van der Waals surface area contributed by atoms with Crippen LogP contribution >= 0.6 is 23.2 Å². The fourth-order valence-electron chi connectivity index (χ4n) is 3.00. The summed E-state index contributed by atoms with van der Waals surface area (Å²) < 4.78 is 0. The highest BCUT2D eigenvalue weighted by molar-refractivity contribution is 6.35. The van der Waals surface area contributed by atoms with Crippen molar-refractivity contribution < 1.29 is 4.79 Å². The molecule has 0 spiro atoms. The first-order chi connectivity index (χ1) is 11.0. The van der Waals surface area contributed by atoms with Crippen LogP contribution in [0.2, 0.25) is 10.0 Å². The fraction of sp³-hybridized carbons (Fsp3) is 0.278. The summed E-state index contributed by atoms with van der Waals surface area (Å²) in [5.41, 5.74) is 3.13. The van der Waals surface area contributed by atoms with Crippen LogP contribution in [0.25, 0.3) is 0 Å². The molecule has 1 atom stereocenters. The molecule has 0 saturated carbocycles. The maximum absolute atomic E-state index is 12.2. The number of para-hydroxylation sites is 1. The Balaban J connectivity index is 1.62. The number of halogens is 2. The largest absolute Gasteiger partial charge is 0.368 e. The van der Waals surface area contributed by atoms with Gasteiger partial charge in [0, 0.05) is 29.7 Å². The van der Waals surface area contributed by atoms with Gasteiger partial charge >= 0.3 is 0 Å². The van der Waals surface area contributed by atoms with E-state index in [2.05, 4.69) is 35.3 Å². The smallest absolute Gasteiger partial charge is 0.226 e. The lowest BCUT2D eigenvalue weighted by molar-refractivity contribution is -0.116. The summed E-state index contributed by atoms with van der Waals surface area (Å²) in [4.78, 5) is 14.5. The van der Waals surface area contributed by atoms with Gasteiger partial charge < -0.3 is 10.2 Å². The first kappa shape index (κ1) is 16.2. The molecule has 2 aromatic rings. The molecule has 120 valence electrons. The third kappa shape index (κ3) is 3.62. The van der Waals surface area contributed by atoms with E-state index in [-0.39, 0.29) is 5.91 Å². The predicted molar refractivity (Wildman–Crippen MR) is 96.7 cm³/mol. The van der Waals surface area contributed by atoms with E-state index < -0.39 is 0 Å². The van der Waals surface area contributed by atoms with Crippen LogP contribution in [-0.4, -0.2) is 18.5 Å². The molecule has 1 heterocycles. The Kier molecular flexibility index (Phi) is 4.79. The highest BCUT2D eigenvalue weighted by atomic mass is 35.5. The van der Waals surface area contributed by atoms with Gasteiger partial charge in [0.2, 0.25) is 5.91 Å². The average molecular weight is 349 g/mol. The number of amides is 1. The van der Waals surface area contributed by atoms with Gasteiger partial charge in [-0.15, -0.1) is 0 Å². The summed E-state index contributed by atoms with van der Waals surface area (Å²) in [6.07, 6.45) is 1.43. The van der Waals surface area contributed by atoms with Crippen LogP contribution in [0, 0.1) is 0 Å². The molecule has 1 N–H and O–H groups in total. The molecule has 5 heteroatoms. The number of nitrogens with zero attached hydrogens (tertiary/aromatic N) is 1. The third-order valence-electron chi connectivity index (χ3n) is 4.13. The number of rotatable bonds is 4. The highest BCUT2D eigenvalue weighted by Crippen LogP contribution is 2.32. The summed E-state index contributed by atoms with van der Waals surface area (Å²) >= 11 is 12.0. The topological polar surface area (TPSA) is 32.3 Å². The molecule has 2 aromatic carbocycles. The Hall–Kier alpha value is -1.71. The lowest BCUT2D eigenvalue weighted by atomic mass is 10.1. The maximum Gasteiger partial charge on any atom is 0.226 e. The van der Waals surface area contributed by atoms with Gasteiger partial charge in [0.15, 0.2) is 0 Å². The SMILES string of the molecule is CC1Cc2ccccc2N1CCC(=O)Nc1cc(Cl)ccc1Cl. The fourth-order valence-corrected chi connectivity index (χ4v) is 3.34. The molecule has 3 rings (SSSR count). The van der Waals surface area contributed by atoms with Crippen molar-refractivity contribution in [1.29, 1.82) is 0 Å². The molecule has 0 fully saturated rings. The number of hydrogen-bond acceptors (Lipinski definition) is 2. The van der Waals surface area contributed by atoms with Crippen molar-refractivity contribution >= 4 is 40.5 Å². The average Bonchev–Trinajstić information content (AvgIpc) is 2.84.